The summed E-state index contributed by atoms with van der Waals surface area (Å²) in [6, 6.07) is 12.4. The third-order valence-corrected chi connectivity index (χ3v) is 6.47. The maximum absolute atomic E-state index is 12.9. The van der Waals surface area contributed by atoms with E-state index in [0.29, 0.717) is 0 Å². The van der Waals surface area contributed by atoms with Crippen LogP contribution in [0.4, 0.5) is 4.79 Å². The van der Waals surface area contributed by atoms with Gasteiger partial charge in [-0.25, -0.2) is 14.4 Å². The zero-order valence-corrected chi connectivity index (χ0v) is 21.4. The van der Waals surface area contributed by atoms with Gasteiger partial charge in [0.2, 0.25) is 11.8 Å². The van der Waals surface area contributed by atoms with Gasteiger partial charge in [0.15, 0.2) is 0 Å². The van der Waals surface area contributed by atoms with Gasteiger partial charge in [0, 0.05) is 25.2 Å². The summed E-state index contributed by atoms with van der Waals surface area (Å²) in [7, 11) is 0. The zero-order valence-electron chi connectivity index (χ0n) is 21.4. The number of fused-ring (bicyclic) bond motifs is 3. The molecule has 1 saturated heterocycles. The van der Waals surface area contributed by atoms with Crippen LogP contribution in [0.5, 0.6) is 0 Å². The van der Waals surface area contributed by atoms with Gasteiger partial charge < -0.3 is 19.9 Å². The molecule has 1 heterocycles. The van der Waals surface area contributed by atoms with Gasteiger partial charge in [0.05, 0.1) is 0 Å². The fourth-order valence-electron chi connectivity index (χ4n) is 4.85. The summed E-state index contributed by atoms with van der Waals surface area (Å²) in [5, 5.41) is 12.1. The lowest BCUT2D eigenvalue weighted by Crippen LogP contribution is -2.52. The Morgan fingerprint density at radius 3 is 2.00 bits per heavy atom. The molecule has 0 bridgehead atoms. The molecule has 2 aliphatic rings. The van der Waals surface area contributed by atoms with Gasteiger partial charge in [-0.15, -0.1) is 0 Å². The van der Waals surface area contributed by atoms with Gasteiger partial charge in [0.1, 0.15) is 24.3 Å². The third-order valence-electron chi connectivity index (χ3n) is 6.47. The number of esters is 1. The van der Waals surface area contributed by atoms with Gasteiger partial charge in [-0.2, -0.15) is 0 Å². The first kappa shape index (κ1) is 26.8. The van der Waals surface area contributed by atoms with Gasteiger partial charge in [-0.05, 0) is 43.0 Å². The van der Waals surface area contributed by atoms with Crippen LogP contribution >= 0.6 is 0 Å². The smallest absolute Gasteiger partial charge is 0.407 e. The molecule has 0 aromatic heterocycles. The predicted molar refractivity (Wildman–Crippen MR) is 135 cm³/mol. The molecule has 1 aliphatic heterocycles. The number of benzene rings is 2. The second-order valence-corrected chi connectivity index (χ2v) is 10.3. The number of hydrogen-bond donors (Lipinski definition) is 2. The summed E-state index contributed by atoms with van der Waals surface area (Å²) in [6.45, 7) is 4.79. The second-order valence-electron chi connectivity index (χ2n) is 10.3. The number of aliphatic carboxylic acids is 1. The van der Waals surface area contributed by atoms with Crippen LogP contribution in [0, 0.1) is 0 Å². The summed E-state index contributed by atoms with van der Waals surface area (Å²) < 4.78 is 10.8. The molecule has 2 aromatic rings. The van der Waals surface area contributed by atoms with Crippen molar-refractivity contribution in [1.82, 2.24) is 10.2 Å². The van der Waals surface area contributed by atoms with E-state index < -0.39 is 54.0 Å². The fourth-order valence-corrected chi connectivity index (χ4v) is 4.85. The summed E-state index contributed by atoms with van der Waals surface area (Å²) in [5.74, 6) is -3.81. The SMILES string of the molecule is CC(C)(C)OC(=O)C(CC(NC(=O)OCC1c2ccccc2-c2ccccc21)C(=O)O)N1C(=O)CCC1=O. The Hall–Kier alpha value is -4.21. The molecule has 2 N–H and O–H groups in total. The van der Waals surface area contributed by atoms with Crippen molar-refractivity contribution in [3.05, 3.63) is 59.7 Å². The molecule has 10 nitrogen and oxygen atoms in total. The average molecular weight is 523 g/mol. The molecule has 10 heteroatoms. The van der Waals surface area contributed by atoms with Crippen molar-refractivity contribution in [2.75, 3.05) is 6.61 Å². The molecule has 200 valence electrons. The van der Waals surface area contributed by atoms with Crippen LogP contribution in [0.1, 0.15) is 57.1 Å². The summed E-state index contributed by atoms with van der Waals surface area (Å²) in [4.78, 5) is 63.1. The zero-order chi connectivity index (χ0) is 27.6. The molecule has 38 heavy (non-hydrogen) atoms. The van der Waals surface area contributed by atoms with Crippen molar-refractivity contribution in [2.45, 2.75) is 63.6 Å². The van der Waals surface area contributed by atoms with Crippen molar-refractivity contribution >= 4 is 29.8 Å². The molecule has 1 aliphatic carbocycles. The Kier molecular flexibility index (Phi) is 7.52. The number of ether oxygens (including phenoxy) is 2. The van der Waals surface area contributed by atoms with Crippen LogP contribution in [0.25, 0.3) is 11.1 Å². The standard InChI is InChI=1S/C28H30N2O8/c1-28(2,3)38-26(35)22(30-23(31)12-13-24(30)32)14-21(25(33)34)29-27(36)37-15-20-18-10-6-4-8-16(18)17-9-5-7-11-19(17)20/h4-11,20-22H,12-15H2,1-3H3,(H,29,36)(H,33,34). The molecule has 2 unspecified atom stereocenters. The van der Waals surface area contributed by atoms with Crippen molar-refractivity contribution in [1.29, 1.82) is 0 Å². The maximum Gasteiger partial charge on any atom is 0.407 e. The molecule has 0 saturated carbocycles. The molecule has 1 fully saturated rings. The third kappa shape index (κ3) is 5.69. The molecule has 0 radical (unpaired) electrons. The predicted octanol–water partition coefficient (Wildman–Crippen LogP) is 3.23. The number of rotatable bonds is 8. The van der Waals surface area contributed by atoms with Crippen molar-refractivity contribution in [2.24, 2.45) is 0 Å². The highest BCUT2D eigenvalue weighted by Crippen LogP contribution is 2.44. The number of carboxylic acids is 1. The van der Waals surface area contributed by atoms with Crippen LogP contribution < -0.4 is 5.32 Å². The van der Waals surface area contributed by atoms with E-state index in [-0.39, 0.29) is 25.4 Å². The number of alkyl carbamates (subject to hydrolysis) is 1. The van der Waals surface area contributed by atoms with Crippen LogP contribution in [0.2, 0.25) is 0 Å². The number of carbonyl (C=O) groups excluding carboxylic acids is 4. The van der Waals surface area contributed by atoms with Gasteiger partial charge in [-0.3, -0.25) is 14.5 Å². The van der Waals surface area contributed by atoms with E-state index in [1.54, 1.807) is 20.8 Å². The second kappa shape index (κ2) is 10.6. The minimum Gasteiger partial charge on any atom is -0.480 e. The largest absolute Gasteiger partial charge is 0.480 e. The quantitative estimate of drug-likeness (QED) is 0.398. The maximum atomic E-state index is 12.9. The van der Waals surface area contributed by atoms with Crippen LogP contribution in [-0.2, 0) is 28.7 Å². The number of nitrogens with one attached hydrogen (secondary N) is 1. The highest BCUT2D eigenvalue weighted by atomic mass is 16.6. The highest BCUT2D eigenvalue weighted by molar-refractivity contribution is 6.05. The molecular weight excluding hydrogens is 492 g/mol. The summed E-state index contributed by atoms with van der Waals surface area (Å²) in [5.41, 5.74) is 3.13. The Morgan fingerprint density at radius 1 is 0.974 bits per heavy atom. The Morgan fingerprint density at radius 2 is 1.50 bits per heavy atom. The van der Waals surface area contributed by atoms with Crippen LogP contribution in [0.15, 0.2) is 48.5 Å². The first-order chi connectivity index (χ1) is 18.0. The number of carbonyl (C=O) groups is 5. The van der Waals surface area contributed by atoms with E-state index in [1.807, 2.05) is 48.5 Å². The molecular formula is C28H30N2O8. The topological polar surface area (TPSA) is 139 Å². The minimum atomic E-state index is -1.62. The first-order valence-electron chi connectivity index (χ1n) is 12.4. The lowest BCUT2D eigenvalue weighted by atomic mass is 9.98. The van der Waals surface area contributed by atoms with Gasteiger partial charge in [-0.1, -0.05) is 48.5 Å². The molecule has 2 atom stereocenters. The molecule has 0 spiro atoms. The van der Waals surface area contributed by atoms with E-state index in [1.165, 1.54) is 0 Å². The number of amides is 3. The number of carboxylic acid groups (broad SMARTS) is 1. The number of nitrogens with zero attached hydrogens (tertiary/aromatic N) is 1. The normalized spacial score (nSPS) is 16.4. The average Bonchev–Trinajstić information content (AvgIpc) is 3.35. The number of likely N-dealkylation sites (tertiary alicyclic amines) is 1. The van der Waals surface area contributed by atoms with E-state index >= 15 is 0 Å². The Bertz CT molecular complexity index is 1220. The minimum absolute atomic E-state index is 0.0369. The van der Waals surface area contributed by atoms with Gasteiger partial charge >= 0.3 is 18.0 Å². The van der Waals surface area contributed by atoms with E-state index in [2.05, 4.69) is 5.32 Å². The van der Waals surface area contributed by atoms with Crippen LogP contribution in [0.3, 0.4) is 0 Å². The van der Waals surface area contributed by atoms with Crippen LogP contribution in [-0.4, -0.2) is 64.1 Å². The highest BCUT2D eigenvalue weighted by Gasteiger charge is 2.43. The van der Waals surface area contributed by atoms with E-state index in [9.17, 15) is 29.1 Å². The fraction of sp³-hybridized carbons (Fsp3) is 0.393. The lowest BCUT2D eigenvalue weighted by Gasteiger charge is -2.30. The van der Waals surface area contributed by atoms with E-state index in [0.717, 1.165) is 27.2 Å². The lowest BCUT2D eigenvalue weighted by molar-refractivity contribution is -0.167. The molecule has 4 rings (SSSR count). The first-order valence-corrected chi connectivity index (χ1v) is 12.4. The summed E-state index contributed by atoms with van der Waals surface area (Å²) in [6.07, 6.45) is -1.74. The molecule has 3 amide bonds. The number of hydrogen-bond acceptors (Lipinski definition) is 7. The Balaban J connectivity index is 1.47. The van der Waals surface area contributed by atoms with Crippen molar-refractivity contribution < 1.29 is 38.6 Å². The van der Waals surface area contributed by atoms with Crippen molar-refractivity contribution in [3.63, 3.8) is 0 Å². The number of imide groups is 1. The van der Waals surface area contributed by atoms with Crippen molar-refractivity contribution in [3.8, 4) is 11.1 Å². The van der Waals surface area contributed by atoms with Gasteiger partial charge in [0.25, 0.3) is 0 Å². The summed E-state index contributed by atoms with van der Waals surface area (Å²) >= 11 is 0. The Labute approximate surface area is 219 Å². The monoisotopic (exact) mass is 522 g/mol. The van der Waals surface area contributed by atoms with E-state index in [4.69, 9.17) is 9.47 Å². The molecule has 2 aromatic carbocycles.